The largest absolute Gasteiger partial charge is 0.350 e. The molecule has 0 atom stereocenters. The fraction of sp³-hybridized carbons (Fsp3) is 0.278. The maximum absolute atomic E-state index is 12.1. The van der Waals surface area contributed by atoms with Gasteiger partial charge in [-0.1, -0.05) is 28.9 Å². The van der Waals surface area contributed by atoms with Gasteiger partial charge in [0.05, 0.1) is 19.9 Å². The molecule has 1 aromatic carbocycles. The number of carbonyl (C=O) groups excluding carboxylic acids is 2. The Bertz CT molecular complexity index is 1050. The highest BCUT2D eigenvalue weighted by Gasteiger charge is 2.17. The van der Waals surface area contributed by atoms with Crippen molar-refractivity contribution in [3.8, 4) is 0 Å². The van der Waals surface area contributed by atoms with E-state index in [1.807, 2.05) is 13.8 Å². The van der Waals surface area contributed by atoms with Gasteiger partial charge >= 0.3 is 11.8 Å². The summed E-state index contributed by atoms with van der Waals surface area (Å²) in [6, 6.07) is 6.73. The van der Waals surface area contributed by atoms with Crippen molar-refractivity contribution < 1.29 is 14.1 Å². The number of halogens is 2. The molecule has 29 heavy (non-hydrogen) atoms. The van der Waals surface area contributed by atoms with Gasteiger partial charge in [-0.25, -0.2) is 0 Å². The van der Waals surface area contributed by atoms with Crippen LogP contribution in [0, 0.1) is 17.4 Å². The Hall–Kier alpha value is -2.47. The highest BCUT2D eigenvalue weighted by atomic mass is 127. The zero-order valence-corrected chi connectivity index (χ0v) is 18.6. The monoisotopic (exact) mass is 528 g/mol. The molecule has 2 N–H and O–H groups in total. The normalized spacial score (nSPS) is 10.8. The van der Waals surface area contributed by atoms with Gasteiger partial charge in [-0.15, -0.1) is 0 Å². The maximum Gasteiger partial charge on any atom is 0.316 e. The summed E-state index contributed by atoms with van der Waals surface area (Å²) in [5, 5.41) is 13.9. The molecule has 0 aliphatic heterocycles. The highest BCUT2D eigenvalue weighted by Crippen LogP contribution is 2.16. The molecule has 0 unspecified atom stereocenters. The molecule has 0 fully saturated rings. The van der Waals surface area contributed by atoms with Gasteiger partial charge in [-0.2, -0.15) is 10.1 Å². The van der Waals surface area contributed by atoms with E-state index in [1.54, 1.807) is 28.9 Å². The smallest absolute Gasteiger partial charge is 0.316 e. The number of benzene rings is 1. The van der Waals surface area contributed by atoms with Crippen molar-refractivity contribution in [2.75, 3.05) is 13.1 Å². The summed E-state index contributed by atoms with van der Waals surface area (Å²) in [6.45, 7) is 4.60. The van der Waals surface area contributed by atoms with E-state index in [2.05, 4.69) is 48.5 Å². The van der Waals surface area contributed by atoms with Crippen LogP contribution in [0.15, 0.2) is 28.8 Å². The van der Waals surface area contributed by atoms with E-state index in [0.717, 1.165) is 15.0 Å². The predicted octanol–water partition coefficient (Wildman–Crippen LogP) is 2.35. The van der Waals surface area contributed by atoms with E-state index in [4.69, 9.17) is 16.1 Å². The molecule has 0 saturated carbocycles. The van der Waals surface area contributed by atoms with Gasteiger partial charge in [0.25, 0.3) is 5.91 Å². The lowest BCUT2D eigenvalue weighted by Gasteiger charge is -2.06. The fourth-order valence-electron chi connectivity index (χ4n) is 2.54. The minimum Gasteiger partial charge on any atom is -0.350 e. The van der Waals surface area contributed by atoms with Gasteiger partial charge in [-0.3, -0.25) is 14.3 Å². The molecule has 2 aromatic heterocycles. The molecule has 0 spiro atoms. The molecule has 0 radical (unpaired) electrons. The van der Waals surface area contributed by atoms with Crippen LogP contribution in [0.2, 0.25) is 5.02 Å². The lowest BCUT2D eigenvalue weighted by atomic mass is 10.2. The zero-order valence-electron chi connectivity index (χ0n) is 15.7. The average Bonchev–Trinajstić information content (AvgIpc) is 3.26. The minimum absolute atomic E-state index is 0.145. The van der Waals surface area contributed by atoms with Gasteiger partial charge in [0, 0.05) is 18.8 Å². The van der Waals surface area contributed by atoms with Crippen LogP contribution in [-0.4, -0.2) is 44.8 Å². The second kappa shape index (κ2) is 9.35. The van der Waals surface area contributed by atoms with Gasteiger partial charge in [0.15, 0.2) is 5.82 Å². The number of rotatable bonds is 7. The Morgan fingerprint density at radius 2 is 1.86 bits per heavy atom. The summed E-state index contributed by atoms with van der Waals surface area (Å²) in [6.07, 6.45) is 0. The van der Waals surface area contributed by atoms with Gasteiger partial charge in [0.1, 0.15) is 6.54 Å². The first-order chi connectivity index (χ1) is 13.9. The first kappa shape index (κ1) is 21.2. The SMILES string of the molecule is Cc1nn(Cc2noc(C(=O)NCCNC(=O)c3ccccc3Cl)n2)c(C)c1I. The molecule has 3 rings (SSSR count). The van der Waals surface area contributed by atoms with Crippen molar-refractivity contribution in [2.24, 2.45) is 0 Å². The third kappa shape index (κ3) is 5.12. The Kier molecular flexibility index (Phi) is 6.85. The molecule has 152 valence electrons. The number of carbonyl (C=O) groups is 2. The first-order valence-corrected chi connectivity index (χ1v) is 10.2. The maximum atomic E-state index is 12.1. The quantitative estimate of drug-likeness (QED) is 0.359. The molecular formula is C18H18ClIN6O3. The first-order valence-electron chi connectivity index (χ1n) is 8.70. The average molecular weight is 529 g/mol. The van der Waals surface area contributed by atoms with Crippen LogP contribution in [0.25, 0.3) is 0 Å². The van der Waals surface area contributed by atoms with Crippen LogP contribution < -0.4 is 10.6 Å². The van der Waals surface area contributed by atoms with E-state index in [1.165, 1.54) is 0 Å². The predicted molar refractivity (Wildman–Crippen MR) is 114 cm³/mol. The molecule has 3 aromatic rings. The molecule has 2 heterocycles. The highest BCUT2D eigenvalue weighted by molar-refractivity contribution is 14.1. The second-order valence-electron chi connectivity index (χ2n) is 6.15. The van der Waals surface area contributed by atoms with Crippen molar-refractivity contribution in [3.63, 3.8) is 0 Å². The van der Waals surface area contributed by atoms with Gasteiger partial charge in [-0.05, 0) is 48.6 Å². The summed E-state index contributed by atoms with van der Waals surface area (Å²) in [5.41, 5.74) is 2.29. The Morgan fingerprint density at radius 3 is 2.52 bits per heavy atom. The molecular weight excluding hydrogens is 511 g/mol. The second-order valence-corrected chi connectivity index (χ2v) is 7.64. The van der Waals surface area contributed by atoms with Crippen molar-refractivity contribution in [1.82, 2.24) is 30.6 Å². The number of hydrogen-bond acceptors (Lipinski definition) is 6. The van der Waals surface area contributed by atoms with E-state index >= 15 is 0 Å². The molecule has 0 saturated heterocycles. The lowest BCUT2D eigenvalue weighted by Crippen LogP contribution is -2.34. The summed E-state index contributed by atoms with van der Waals surface area (Å²) in [5.74, 6) is -0.624. The lowest BCUT2D eigenvalue weighted by molar-refractivity contribution is 0.0898. The third-order valence-electron chi connectivity index (χ3n) is 4.06. The molecule has 0 aliphatic carbocycles. The Morgan fingerprint density at radius 1 is 1.17 bits per heavy atom. The number of amides is 2. The van der Waals surface area contributed by atoms with Crippen molar-refractivity contribution >= 4 is 46.0 Å². The number of aromatic nitrogens is 4. The van der Waals surface area contributed by atoms with Crippen molar-refractivity contribution in [3.05, 3.63) is 61.5 Å². The fourth-order valence-corrected chi connectivity index (χ4v) is 3.15. The van der Waals surface area contributed by atoms with Gasteiger partial charge in [0.2, 0.25) is 0 Å². The van der Waals surface area contributed by atoms with Crippen LogP contribution in [0.5, 0.6) is 0 Å². The van der Waals surface area contributed by atoms with E-state index in [-0.39, 0.29) is 24.9 Å². The standard InChI is InChI=1S/C18H18ClIN6O3/c1-10-15(20)11(2)26(24-10)9-14-23-18(29-25-14)17(28)22-8-7-21-16(27)12-5-3-4-6-13(12)19/h3-6H,7-9H2,1-2H3,(H,21,27)(H,22,28). The Balaban J connectivity index is 1.48. The van der Waals surface area contributed by atoms with Crippen LogP contribution in [-0.2, 0) is 6.54 Å². The number of nitrogens with zero attached hydrogens (tertiary/aromatic N) is 4. The molecule has 0 bridgehead atoms. The third-order valence-corrected chi connectivity index (χ3v) is 5.95. The van der Waals surface area contributed by atoms with Crippen LogP contribution in [0.1, 0.15) is 38.3 Å². The molecule has 9 nitrogen and oxygen atoms in total. The number of nitrogens with one attached hydrogen (secondary N) is 2. The summed E-state index contributed by atoms with van der Waals surface area (Å²) < 4.78 is 7.85. The minimum atomic E-state index is -0.515. The van der Waals surface area contributed by atoms with E-state index in [9.17, 15) is 9.59 Å². The van der Waals surface area contributed by atoms with Crippen molar-refractivity contribution in [2.45, 2.75) is 20.4 Å². The summed E-state index contributed by atoms with van der Waals surface area (Å²) in [7, 11) is 0. The van der Waals surface area contributed by atoms with Crippen LogP contribution >= 0.6 is 34.2 Å². The van der Waals surface area contributed by atoms with E-state index in [0.29, 0.717) is 23.0 Å². The van der Waals surface area contributed by atoms with Crippen LogP contribution in [0.3, 0.4) is 0 Å². The molecule has 0 aliphatic rings. The van der Waals surface area contributed by atoms with Gasteiger partial charge < -0.3 is 15.2 Å². The Labute approximate surface area is 185 Å². The summed E-state index contributed by atoms with van der Waals surface area (Å²) >= 11 is 8.21. The topological polar surface area (TPSA) is 115 Å². The van der Waals surface area contributed by atoms with Crippen molar-refractivity contribution in [1.29, 1.82) is 0 Å². The molecule has 2 amide bonds. The number of hydrogen-bond donors (Lipinski definition) is 2. The van der Waals surface area contributed by atoms with Crippen LogP contribution in [0.4, 0.5) is 0 Å². The molecule has 11 heteroatoms. The zero-order chi connectivity index (χ0) is 21.0. The number of aryl methyl sites for hydroxylation is 1. The van der Waals surface area contributed by atoms with E-state index < -0.39 is 5.91 Å². The summed E-state index contributed by atoms with van der Waals surface area (Å²) in [4.78, 5) is 28.3.